The summed E-state index contributed by atoms with van der Waals surface area (Å²) in [6, 6.07) is 66.2. The third kappa shape index (κ3) is 5.35. The molecular formula is C52H38N2. The highest BCUT2D eigenvalue weighted by atomic mass is 15.0. The lowest BCUT2D eigenvalue weighted by molar-refractivity contribution is 1.16. The Morgan fingerprint density at radius 2 is 0.796 bits per heavy atom. The van der Waals surface area contributed by atoms with Gasteiger partial charge in [-0.15, -0.1) is 0 Å². The van der Waals surface area contributed by atoms with E-state index in [1.807, 2.05) is 0 Å². The van der Waals surface area contributed by atoms with Crippen LogP contribution in [0.5, 0.6) is 0 Å². The van der Waals surface area contributed by atoms with Gasteiger partial charge in [-0.25, -0.2) is 0 Å². The molecule has 10 aromatic rings. The van der Waals surface area contributed by atoms with Gasteiger partial charge in [0.25, 0.3) is 0 Å². The molecule has 0 aliphatic carbocycles. The maximum Gasteiger partial charge on any atom is 0.0543 e. The Morgan fingerprint density at radius 3 is 1.31 bits per heavy atom. The van der Waals surface area contributed by atoms with E-state index in [4.69, 9.17) is 0 Å². The summed E-state index contributed by atoms with van der Waals surface area (Å²) < 4.78 is 4.81. The summed E-state index contributed by atoms with van der Waals surface area (Å²) in [7, 11) is 0. The van der Waals surface area contributed by atoms with Gasteiger partial charge in [0.1, 0.15) is 0 Å². The maximum atomic E-state index is 2.44. The van der Waals surface area contributed by atoms with Crippen molar-refractivity contribution in [1.29, 1.82) is 0 Å². The highest BCUT2D eigenvalue weighted by molar-refractivity contribution is 6.10. The van der Waals surface area contributed by atoms with Crippen molar-refractivity contribution in [2.75, 3.05) is 0 Å². The second-order valence-corrected chi connectivity index (χ2v) is 14.3. The third-order valence-corrected chi connectivity index (χ3v) is 11.1. The van der Waals surface area contributed by atoms with Gasteiger partial charge in [0, 0.05) is 32.8 Å². The highest BCUT2D eigenvalue weighted by Gasteiger charge is 2.17. The zero-order valence-electron chi connectivity index (χ0n) is 30.4. The van der Waals surface area contributed by atoms with E-state index in [2.05, 4.69) is 217 Å². The second-order valence-electron chi connectivity index (χ2n) is 14.3. The van der Waals surface area contributed by atoms with Crippen LogP contribution in [0.4, 0.5) is 0 Å². The van der Waals surface area contributed by atoms with Gasteiger partial charge in [-0.1, -0.05) is 146 Å². The molecule has 0 aliphatic heterocycles. The quantitative estimate of drug-likeness (QED) is 0.154. The van der Waals surface area contributed by atoms with Crippen LogP contribution >= 0.6 is 0 Å². The van der Waals surface area contributed by atoms with Gasteiger partial charge >= 0.3 is 0 Å². The van der Waals surface area contributed by atoms with Gasteiger partial charge in [-0.2, -0.15) is 0 Å². The van der Waals surface area contributed by atoms with Gasteiger partial charge in [0.2, 0.25) is 0 Å². The van der Waals surface area contributed by atoms with Crippen molar-refractivity contribution >= 4 is 55.8 Å². The number of rotatable bonds is 6. The summed E-state index contributed by atoms with van der Waals surface area (Å²) in [4.78, 5) is 0. The number of hydrogen-bond donors (Lipinski definition) is 0. The lowest BCUT2D eigenvalue weighted by Crippen LogP contribution is -1.99. The van der Waals surface area contributed by atoms with Crippen molar-refractivity contribution in [2.24, 2.45) is 0 Å². The molecule has 2 heteroatoms. The topological polar surface area (TPSA) is 9.86 Å². The van der Waals surface area contributed by atoms with Crippen LogP contribution in [0.2, 0.25) is 0 Å². The first kappa shape index (κ1) is 31.8. The molecule has 0 aliphatic rings. The molecule has 0 N–H and O–H groups in total. The highest BCUT2D eigenvalue weighted by Crippen LogP contribution is 2.38. The Bertz CT molecular complexity index is 2940. The summed E-state index contributed by atoms with van der Waals surface area (Å²) in [5, 5.41) is 5.11. The first-order valence-electron chi connectivity index (χ1n) is 18.7. The first-order chi connectivity index (χ1) is 26.6. The normalized spacial score (nSPS) is 11.8. The van der Waals surface area contributed by atoms with Crippen LogP contribution in [0.15, 0.2) is 182 Å². The summed E-state index contributed by atoms with van der Waals surface area (Å²) in [5.74, 6) is 0. The minimum absolute atomic E-state index is 1.17. The molecular weight excluding hydrogens is 653 g/mol. The van der Waals surface area contributed by atoms with Crippen LogP contribution in [-0.4, -0.2) is 9.13 Å². The monoisotopic (exact) mass is 690 g/mol. The minimum Gasteiger partial charge on any atom is -0.309 e. The lowest BCUT2D eigenvalue weighted by Gasteiger charge is -2.17. The number of aryl methyl sites for hydroxylation is 2. The molecule has 0 spiro atoms. The summed E-state index contributed by atoms with van der Waals surface area (Å²) in [6.45, 7) is 4.42. The zero-order chi connectivity index (χ0) is 36.2. The Morgan fingerprint density at radius 1 is 0.352 bits per heavy atom. The minimum atomic E-state index is 1.17. The van der Waals surface area contributed by atoms with Crippen molar-refractivity contribution in [3.63, 3.8) is 0 Å². The number of fused-ring (bicyclic) bond motifs is 6. The van der Waals surface area contributed by atoms with Crippen molar-refractivity contribution in [2.45, 2.75) is 13.8 Å². The van der Waals surface area contributed by atoms with Crippen LogP contribution in [0.3, 0.4) is 0 Å². The zero-order valence-corrected chi connectivity index (χ0v) is 30.4. The number of aromatic nitrogens is 2. The molecule has 0 radical (unpaired) electrons. The average Bonchev–Trinajstić information content (AvgIpc) is 3.74. The fraction of sp³-hybridized carbons (Fsp3) is 0.0385. The van der Waals surface area contributed by atoms with Crippen LogP contribution in [0.1, 0.15) is 22.3 Å². The molecule has 54 heavy (non-hydrogen) atoms. The summed E-state index contributed by atoms with van der Waals surface area (Å²) in [6.07, 6.45) is 4.41. The molecule has 2 heterocycles. The predicted molar refractivity (Wildman–Crippen MR) is 231 cm³/mol. The standard InChI is InChI=1S/C52H38N2/c1-35-32-47(52(33-36(35)2)54-50-20-9-5-16-45(50)46-17-6-10-21-51(46)54)40-30-26-38(27-31-40)23-22-37-24-28-39(29-25-37)41-12-11-13-42(34-41)53-48-18-7-3-14-43(48)44-15-4-8-19-49(44)53/h3-34H,1-2H3/b23-22+. The lowest BCUT2D eigenvalue weighted by atomic mass is 9.97. The summed E-state index contributed by atoms with van der Waals surface area (Å²) in [5.41, 5.74) is 17.0. The van der Waals surface area contributed by atoms with Crippen molar-refractivity contribution in [3.8, 4) is 33.6 Å². The van der Waals surface area contributed by atoms with Crippen LogP contribution in [0, 0.1) is 13.8 Å². The van der Waals surface area contributed by atoms with E-state index in [9.17, 15) is 0 Å². The summed E-state index contributed by atoms with van der Waals surface area (Å²) >= 11 is 0. The maximum absolute atomic E-state index is 2.44. The van der Waals surface area contributed by atoms with Gasteiger partial charge in [-0.05, 0) is 101 Å². The molecule has 8 aromatic carbocycles. The number of para-hydroxylation sites is 4. The van der Waals surface area contributed by atoms with E-state index in [1.54, 1.807) is 0 Å². The Kier molecular flexibility index (Phi) is 7.63. The van der Waals surface area contributed by atoms with Gasteiger partial charge < -0.3 is 9.13 Å². The molecule has 2 nitrogen and oxygen atoms in total. The largest absolute Gasteiger partial charge is 0.309 e. The third-order valence-electron chi connectivity index (χ3n) is 11.1. The molecule has 256 valence electrons. The van der Waals surface area contributed by atoms with Gasteiger partial charge in [-0.3, -0.25) is 0 Å². The van der Waals surface area contributed by atoms with E-state index in [1.165, 1.54) is 99.5 Å². The first-order valence-corrected chi connectivity index (χ1v) is 18.7. The fourth-order valence-corrected chi connectivity index (χ4v) is 8.18. The van der Waals surface area contributed by atoms with E-state index < -0.39 is 0 Å². The van der Waals surface area contributed by atoms with E-state index in [-0.39, 0.29) is 0 Å². The van der Waals surface area contributed by atoms with Crippen LogP contribution in [-0.2, 0) is 0 Å². The number of hydrogen-bond acceptors (Lipinski definition) is 0. The van der Waals surface area contributed by atoms with Gasteiger partial charge in [0.05, 0.1) is 27.8 Å². The fourth-order valence-electron chi connectivity index (χ4n) is 8.18. The Labute approximate surface area is 315 Å². The second kappa shape index (κ2) is 12.9. The van der Waals surface area contributed by atoms with Crippen LogP contribution < -0.4 is 0 Å². The smallest absolute Gasteiger partial charge is 0.0543 e. The molecule has 0 atom stereocenters. The molecule has 0 amide bonds. The van der Waals surface area contributed by atoms with Crippen molar-refractivity contribution in [3.05, 3.63) is 204 Å². The van der Waals surface area contributed by atoms with E-state index >= 15 is 0 Å². The van der Waals surface area contributed by atoms with Crippen molar-refractivity contribution in [1.82, 2.24) is 9.13 Å². The molecule has 0 unspecified atom stereocenters. The SMILES string of the molecule is Cc1cc(-c2ccc(/C=C/c3ccc(-c4cccc(-n5c6ccccc6c6ccccc65)c4)cc3)cc2)c(-n2c3ccccc3c3ccccc32)cc1C. The van der Waals surface area contributed by atoms with Gasteiger partial charge in [0.15, 0.2) is 0 Å². The van der Waals surface area contributed by atoms with Crippen LogP contribution in [0.25, 0.3) is 89.4 Å². The average molecular weight is 691 g/mol. The number of nitrogens with zero attached hydrogens (tertiary/aromatic N) is 2. The number of benzene rings is 8. The Hall–Kier alpha value is -6.90. The Balaban J connectivity index is 0.935. The molecule has 0 saturated heterocycles. The van der Waals surface area contributed by atoms with E-state index in [0.29, 0.717) is 0 Å². The van der Waals surface area contributed by atoms with E-state index in [0.717, 1.165) is 0 Å². The molecule has 10 rings (SSSR count). The molecule has 0 saturated carbocycles. The molecule has 0 bridgehead atoms. The van der Waals surface area contributed by atoms with Crippen molar-refractivity contribution < 1.29 is 0 Å². The predicted octanol–water partition coefficient (Wildman–Crippen LogP) is 14.0. The molecule has 2 aromatic heterocycles. The molecule has 0 fully saturated rings.